The number of hydrogen-bond acceptors (Lipinski definition) is 4. The molecule has 0 spiro atoms. The Hall–Kier alpha value is -1.45. The molecule has 0 amide bonds. The highest BCUT2D eigenvalue weighted by atomic mass is 127. The number of nitrogens with zero attached hydrogens (tertiary/aromatic N) is 1. The first-order valence-corrected chi connectivity index (χ1v) is 5.59. The van der Waals surface area contributed by atoms with Crippen molar-refractivity contribution in [1.29, 1.82) is 0 Å². The van der Waals surface area contributed by atoms with E-state index in [0.29, 0.717) is 0 Å². The van der Waals surface area contributed by atoms with E-state index >= 15 is 0 Å². The van der Waals surface area contributed by atoms with Crippen LogP contribution in [0.15, 0.2) is 12.1 Å². The molecule has 0 bridgehead atoms. The lowest BCUT2D eigenvalue weighted by Crippen LogP contribution is -2.09. The van der Waals surface area contributed by atoms with Crippen molar-refractivity contribution in [2.45, 2.75) is 6.42 Å². The van der Waals surface area contributed by atoms with E-state index in [9.17, 15) is 19.3 Å². The monoisotopic (exact) mass is 354 g/mol. The van der Waals surface area contributed by atoms with Crippen LogP contribution >= 0.6 is 22.6 Å². The van der Waals surface area contributed by atoms with E-state index in [0.717, 1.165) is 12.1 Å². The number of nitro groups is 1. The van der Waals surface area contributed by atoms with Gasteiger partial charge in [0.1, 0.15) is 11.5 Å². The molecule has 0 fully saturated rings. The van der Waals surface area contributed by atoms with Crippen LogP contribution in [0.5, 0.6) is 0 Å². The number of hydrogen-bond donors (Lipinski definition) is 2. The Morgan fingerprint density at radius 1 is 1.59 bits per heavy atom. The number of carboxylic acid groups (broad SMARTS) is 1. The van der Waals surface area contributed by atoms with Crippen LogP contribution in [0.3, 0.4) is 0 Å². The quantitative estimate of drug-likeness (QED) is 0.481. The standard InChI is InChI=1S/C9H8FIN2O4/c10-5-3-7(12-2-1-9(14)15)8(13(16)17)4-6(5)11/h3-4,12H,1-2H2,(H,14,15). The largest absolute Gasteiger partial charge is 0.481 e. The molecule has 0 radical (unpaired) electrons. The molecule has 0 atom stereocenters. The molecule has 8 heteroatoms. The number of carboxylic acids is 1. The lowest BCUT2D eigenvalue weighted by molar-refractivity contribution is -0.384. The number of anilines is 1. The minimum absolute atomic E-state index is 0.00376. The number of halogens is 2. The number of nitrogens with one attached hydrogen (secondary N) is 1. The zero-order valence-corrected chi connectivity index (χ0v) is 10.6. The molecule has 0 heterocycles. The van der Waals surface area contributed by atoms with Crippen LogP contribution in [0.4, 0.5) is 15.8 Å². The second-order valence-corrected chi connectivity index (χ2v) is 4.27. The normalized spacial score (nSPS) is 10.0. The predicted octanol–water partition coefficient (Wildman–Crippen LogP) is 2.23. The van der Waals surface area contributed by atoms with Gasteiger partial charge in [-0.1, -0.05) is 0 Å². The summed E-state index contributed by atoms with van der Waals surface area (Å²) in [5, 5.41) is 21.7. The summed E-state index contributed by atoms with van der Waals surface area (Å²) < 4.78 is 13.4. The zero-order valence-electron chi connectivity index (χ0n) is 8.44. The van der Waals surface area contributed by atoms with Crippen molar-refractivity contribution in [3.8, 4) is 0 Å². The molecule has 0 unspecified atom stereocenters. The summed E-state index contributed by atoms with van der Waals surface area (Å²) in [6, 6.07) is 2.08. The van der Waals surface area contributed by atoms with Crippen molar-refractivity contribution in [3.63, 3.8) is 0 Å². The molecule has 0 aliphatic heterocycles. The maximum absolute atomic E-state index is 13.2. The molecular weight excluding hydrogens is 346 g/mol. The summed E-state index contributed by atoms with van der Waals surface area (Å²) in [6.45, 7) is -0.00376. The van der Waals surface area contributed by atoms with E-state index in [1.54, 1.807) is 22.6 Å². The minimum atomic E-state index is -1.04. The van der Waals surface area contributed by atoms with Crippen molar-refractivity contribution in [3.05, 3.63) is 31.6 Å². The van der Waals surface area contributed by atoms with Gasteiger partial charge in [0.05, 0.1) is 14.9 Å². The van der Waals surface area contributed by atoms with Crippen LogP contribution in [0.2, 0.25) is 0 Å². The van der Waals surface area contributed by atoms with Gasteiger partial charge < -0.3 is 10.4 Å². The Balaban J connectivity index is 2.92. The van der Waals surface area contributed by atoms with Gasteiger partial charge in [-0.15, -0.1) is 0 Å². The Morgan fingerprint density at radius 2 is 2.24 bits per heavy atom. The molecule has 1 rings (SSSR count). The van der Waals surface area contributed by atoms with Crippen molar-refractivity contribution in [2.24, 2.45) is 0 Å². The third-order valence-electron chi connectivity index (χ3n) is 1.89. The van der Waals surface area contributed by atoms with Gasteiger partial charge in [0, 0.05) is 18.7 Å². The molecule has 0 aliphatic rings. The lowest BCUT2D eigenvalue weighted by atomic mass is 10.2. The Morgan fingerprint density at radius 3 is 2.76 bits per heavy atom. The van der Waals surface area contributed by atoms with Gasteiger partial charge in [0.25, 0.3) is 5.69 Å². The van der Waals surface area contributed by atoms with E-state index in [-0.39, 0.29) is 27.9 Å². The first-order chi connectivity index (χ1) is 7.91. The average molecular weight is 354 g/mol. The highest BCUT2D eigenvalue weighted by Crippen LogP contribution is 2.28. The number of nitro benzene ring substituents is 1. The third kappa shape index (κ3) is 3.80. The van der Waals surface area contributed by atoms with Gasteiger partial charge >= 0.3 is 5.97 Å². The second-order valence-electron chi connectivity index (χ2n) is 3.11. The van der Waals surface area contributed by atoms with Crippen LogP contribution in [-0.4, -0.2) is 22.5 Å². The first-order valence-electron chi connectivity index (χ1n) is 4.51. The van der Waals surface area contributed by atoms with E-state index in [1.165, 1.54) is 0 Å². The topological polar surface area (TPSA) is 92.5 Å². The zero-order chi connectivity index (χ0) is 13.0. The molecule has 0 saturated heterocycles. The van der Waals surface area contributed by atoms with Crippen molar-refractivity contribution < 1.29 is 19.2 Å². The molecule has 6 nitrogen and oxygen atoms in total. The lowest BCUT2D eigenvalue weighted by Gasteiger charge is -2.06. The van der Waals surface area contributed by atoms with E-state index in [1.807, 2.05) is 0 Å². The fourth-order valence-corrected chi connectivity index (χ4v) is 1.58. The van der Waals surface area contributed by atoms with E-state index in [4.69, 9.17) is 5.11 Å². The van der Waals surface area contributed by atoms with Crippen molar-refractivity contribution in [1.82, 2.24) is 0 Å². The van der Waals surface area contributed by atoms with Crippen LogP contribution in [0, 0.1) is 19.5 Å². The molecule has 1 aromatic carbocycles. The smallest absolute Gasteiger partial charge is 0.305 e. The Bertz CT molecular complexity index is 467. The van der Waals surface area contributed by atoms with Gasteiger partial charge in [-0.2, -0.15) is 0 Å². The van der Waals surface area contributed by atoms with Crippen LogP contribution in [0.1, 0.15) is 6.42 Å². The van der Waals surface area contributed by atoms with Gasteiger partial charge in [0.15, 0.2) is 0 Å². The summed E-state index contributed by atoms with van der Waals surface area (Å²) in [6.07, 6.45) is -0.204. The second kappa shape index (κ2) is 5.75. The number of carbonyl (C=O) groups is 1. The number of aliphatic carboxylic acids is 1. The van der Waals surface area contributed by atoms with Crippen molar-refractivity contribution >= 4 is 39.9 Å². The summed E-state index contributed by atoms with van der Waals surface area (Å²) in [5.74, 6) is -1.62. The predicted molar refractivity (Wildman–Crippen MR) is 66.5 cm³/mol. The molecular formula is C9H8FIN2O4. The molecule has 92 valence electrons. The maximum Gasteiger partial charge on any atom is 0.305 e. The first kappa shape index (κ1) is 13.6. The molecule has 0 saturated carbocycles. The number of benzene rings is 1. The molecule has 2 N–H and O–H groups in total. The average Bonchev–Trinajstić information content (AvgIpc) is 2.22. The molecule has 0 aliphatic carbocycles. The van der Waals surface area contributed by atoms with Gasteiger partial charge in [-0.05, 0) is 22.6 Å². The molecule has 17 heavy (non-hydrogen) atoms. The fourth-order valence-electron chi connectivity index (χ4n) is 1.13. The summed E-state index contributed by atoms with van der Waals surface area (Å²) in [4.78, 5) is 20.3. The Labute approximate surface area is 109 Å². The van der Waals surface area contributed by atoms with Gasteiger partial charge in [-0.25, -0.2) is 4.39 Å². The van der Waals surface area contributed by atoms with Gasteiger partial charge in [-0.3, -0.25) is 14.9 Å². The molecule has 1 aromatic rings. The van der Waals surface area contributed by atoms with E-state index in [2.05, 4.69) is 5.32 Å². The summed E-state index contributed by atoms with van der Waals surface area (Å²) in [5.41, 5.74) is -0.296. The van der Waals surface area contributed by atoms with Gasteiger partial charge in [0.2, 0.25) is 0 Å². The van der Waals surface area contributed by atoms with Crippen LogP contribution in [-0.2, 0) is 4.79 Å². The van der Waals surface area contributed by atoms with E-state index < -0.39 is 16.7 Å². The van der Waals surface area contributed by atoms with Crippen LogP contribution < -0.4 is 5.32 Å². The van der Waals surface area contributed by atoms with Crippen LogP contribution in [0.25, 0.3) is 0 Å². The highest BCUT2D eigenvalue weighted by molar-refractivity contribution is 14.1. The highest BCUT2D eigenvalue weighted by Gasteiger charge is 2.17. The maximum atomic E-state index is 13.2. The Kier molecular flexibility index (Phi) is 4.61. The number of rotatable bonds is 5. The van der Waals surface area contributed by atoms with Crippen molar-refractivity contribution in [2.75, 3.05) is 11.9 Å². The minimum Gasteiger partial charge on any atom is -0.481 e. The summed E-state index contributed by atoms with van der Waals surface area (Å²) >= 11 is 1.65. The third-order valence-corrected chi connectivity index (χ3v) is 2.72. The molecule has 0 aromatic heterocycles. The fraction of sp³-hybridized carbons (Fsp3) is 0.222. The summed E-state index contributed by atoms with van der Waals surface area (Å²) in [7, 11) is 0. The SMILES string of the molecule is O=C(O)CCNc1cc(F)c(I)cc1[N+](=O)[O-].